The number of benzene rings is 2. The molecule has 5 rings (SSSR count). The highest BCUT2D eigenvalue weighted by Gasteiger charge is 2.15. The summed E-state index contributed by atoms with van der Waals surface area (Å²) in [6.07, 6.45) is 5.35. The molecule has 1 amide bonds. The molecule has 0 aliphatic rings. The van der Waals surface area contributed by atoms with Crippen molar-refractivity contribution in [3.05, 3.63) is 96.4 Å². The first-order valence-electron chi connectivity index (χ1n) is 10.5. The van der Waals surface area contributed by atoms with Gasteiger partial charge in [-0.05, 0) is 66.2 Å². The predicted molar refractivity (Wildman–Crippen MR) is 133 cm³/mol. The minimum Gasteiger partial charge on any atom is -0.321 e. The van der Waals surface area contributed by atoms with E-state index in [9.17, 15) is 4.79 Å². The van der Waals surface area contributed by atoms with Crippen molar-refractivity contribution >= 4 is 33.3 Å². The smallest absolute Gasteiger partial charge is 0.255 e. The zero-order valence-corrected chi connectivity index (χ0v) is 18.8. The minimum absolute atomic E-state index is 0.172. The van der Waals surface area contributed by atoms with Crippen LogP contribution < -0.4 is 10.6 Å². The Hall–Kier alpha value is -3.94. The molecule has 7 heteroatoms. The molecule has 0 fully saturated rings. The molecule has 0 saturated carbocycles. The average Bonchev–Trinajstić information content (AvgIpc) is 3.28. The third-order valence-corrected chi connectivity index (χ3v) is 6.24. The number of amides is 1. The van der Waals surface area contributed by atoms with E-state index in [1.54, 1.807) is 12.4 Å². The minimum atomic E-state index is -0.172. The summed E-state index contributed by atoms with van der Waals surface area (Å²) in [5.41, 5.74) is 6.08. The summed E-state index contributed by atoms with van der Waals surface area (Å²) in [6.45, 7) is 0.737. The van der Waals surface area contributed by atoms with E-state index in [2.05, 4.69) is 20.6 Å². The number of hydrogen-bond acceptors (Lipinski definition) is 6. The Kier molecular flexibility index (Phi) is 5.89. The highest BCUT2D eigenvalue weighted by Crippen LogP contribution is 2.34. The zero-order chi connectivity index (χ0) is 22.6. The van der Waals surface area contributed by atoms with E-state index in [1.807, 2.05) is 80.0 Å². The third kappa shape index (κ3) is 4.50. The van der Waals surface area contributed by atoms with Gasteiger partial charge in [0.15, 0.2) is 0 Å². The van der Waals surface area contributed by atoms with Gasteiger partial charge in [-0.25, -0.2) is 9.97 Å². The molecule has 0 spiro atoms. The monoisotopic (exact) mass is 451 g/mol. The van der Waals surface area contributed by atoms with Gasteiger partial charge in [0, 0.05) is 36.3 Å². The second-order valence-electron chi connectivity index (χ2n) is 7.53. The van der Waals surface area contributed by atoms with Crippen molar-refractivity contribution < 1.29 is 4.79 Å². The van der Waals surface area contributed by atoms with Crippen LogP contribution in [0.1, 0.15) is 15.9 Å². The molecule has 0 bridgehead atoms. The number of aromatic nitrogens is 3. The van der Waals surface area contributed by atoms with Gasteiger partial charge in [-0.3, -0.25) is 9.78 Å². The van der Waals surface area contributed by atoms with Crippen molar-refractivity contribution in [3.8, 4) is 21.7 Å². The van der Waals surface area contributed by atoms with Crippen molar-refractivity contribution in [1.82, 2.24) is 20.3 Å². The Morgan fingerprint density at radius 1 is 0.970 bits per heavy atom. The summed E-state index contributed by atoms with van der Waals surface area (Å²) in [4.78, 5) is 27.4. The van der Waals surface area contributed by atoms with E-state index in [0.717, 1.165) is 44.2 Å². The Labute approximate surface area is 195 Å². The van der Waals surface area contributed by atoms with Gasteiger partial charge in [0.05, 0.1) is 5.69 Å². The topological polar surface area (TPSA) is 79.8 Å². The fourth-order valence-electron chi connectivity index (χ4n) is 3.64. The number of pyridine rings is 2. The molecule has 5 aromatic rings. The average molecular weight is 452 g/mol. The van der Waals surface area contributed by atoms with Gasteiger partial charge in [-0.1, -0.05) is 35.6 Å². The van der Waals surface area contributed by atoms with Crippen LogP contribution in [0.3, 0.4) is 0 Å². The van der Waals surface area contributed by atoms with Crippen molar-refractivity contribution in [2.45, 2.75) is 6.54 Å². The van der Waals surface area contributed by atoms with Crippen LogP contribution in [0.4, 0.5) is 5.69 Å². The van der Waals surface area contributed by atoms with Crippen LogP contribution in [-0.4, -0.2) is 27.9 Å². The van der Waals surface area contributed by atoms with Gasteiger partial charge in [-0.2, -0.15) is 0 Å². The largest absolute Gasteiger partial charge is 0.321 e. The number of para-hydroxylation sites is 1. The van der Waals surface area contributed by atoms with Crippen LogP contribution in [0.2, 0.25) is 0 Å². The first-order chi connectivity index (χ1) is 16.2. The molecule has 3 aromatic heterocycles. The van der Waals surface area contributed by atoms with E-state index >= 15 is 0 Å². The molecule has 162 valence electrons. The summed E-state index contributed by atoms with van der Waals surface area (Å²) in [5.74, 6) is -0.172. The van der Waals surface area contributed by atoms with Crippen LogP contribution >= 0.6 is 11.3 Å². The summed E-state index contributed by atoms with van der Waals surface area (Å²) in [6, 6.07) is 21.2. The normalized spacial score (nSPS) is 10.9. The maximum absolute atomic E-state index is 13.1. The molecule has 0 radical (unpaired) electrons. The van der Waals surface area contributed by atoms with E-state index in [0.29, 0.717) is 11.3 Å². The SMILES string of the molecule is CNCc1cnc2sc(-c3ccccc3NC(=O)c3cccc(-c4ccncc4)c3)nc2c1. The molecule has 33 heavy (non-hydrogen) atoms. The predicted octanol–water partition coefficient (Wildman–Crippen LogP) is 5.39. The number of anilines is 1. The number of carbonyl (C=O) groups is 1. The summed E-state index contributed by atoms with van der Waals surface area (Å²) in [7, 11) is 1.91. The van der Waals surface area contributed by atoms with Crippen LogP contribution in [-0.2, 0) is 6.54 Å². The first kappa shape index (κ1) is 20.9. The Morgan fingerprint density at radius 2 is 1.82 bits per heavy atom. The molecule has 0 unspecified atom stereocenters. The summed E-state index contributed by atoms with van der Waals surface area (Å²) < 4.78 is 0. The van der Waals surface area contributed by atoms with Crippen LogP contribution in [0, 0.1) is 0 Å². The lowest BCUT2D eigenvalue weighted by molar-refractivity contribution is 0.102. The van der Waals surface area contributed by atoms with Crippen molar-refractivity contribution in [1.29, 1.82) is 0 Å². The summed E-state index contributed by atoms with van der Waals surface area (Å²) >= 11 is 1.51. The van der Waals surface area contributed by atoms with Crippen molar-refractivity contribution in [3.63, 3.8) is 0 Å². The quantitative estimate of drug-likeness (QED) is 0.362. The van der Waals surface area contributed by atoms with Gasteiger partial charge >= 0.3 is 0 Å². The van der Waals surface area contributed by atoms with Gasteiger partial charge < -0.3 is 10.6 Å². The number of thiazole rings is 1. The van der Waals surface area contributed by atoms with E-state index in [1.165, 1.54) is 11.3 Å². The molecular weight excluding hydrogens is 430 g/mol. The van der Waals surface area contributed by atoms with Crippen LogP contribution in [0.25, 0.3) is 32.0 Å². The Morgan fingerprint density at radius 3 is 2.67 bits per heavy atom. The number of fused-ring (bicyclic) bond motifs is 1. The summed E-state index contributed by atoms with van der Waals surface area (Å²) in [5, 5.41) is 7.02. The number of rotatable bonds is 6. The van der Waals surface area contributed by atoms with Crippen molar-refractivity contribution in [2.75, 3.05) is 12.4 Å². The Bertz CT molecular complexity index is 1430. The molecule has 2 N–H and O–H groups in total. The van der Waals surface area contributed by atoms with E-state index in [4.69, 9.17) is 4.98 Å². The highest BCUT2D eigenvalue weighted by atomic mass is 32.1. The zero-order valence-electron chi connectivity index (χ0n) is 17.9. The molecule has 3 heterocycles. The molecule has 0 aliphatic carbocycles. The van der Waals surface area contributed by atoms with E-state index in [-0.39, 0.29) is 5.91 Å². The molecular formula is C26H21N5OS. The number of nitrogens with one attached hydrogen (secondary N) is 2. The molecule has 6 nitrogen and oxygen atoms in total. The standard InChI is InChI=1S/C26H21N5OS/c1-27-15-17-13-23-26(29-16-17)33-25(31-23)21-7-2-3-8-22(21)30-24(32)20-6-4-5-19(14-20)18-9-11-28-12-10-18/h2-14,16,27H,15H2,1H3,(H,30,32). The van der Waals surface area contributed by atoms with Gasteiger partial charge in [0.1, 0.15) is 15.4 Å². The molecule has 0 saturated heterocycles. The second kappa shape index (κ2) is 9.28. The van der Waals surface area contributed by atoms with Crippen LogP contribution in [0.5, 0.6) is 0 Å². The first-order valence-corrected chi connectivity index (χ1v) is 11.3. The second-order valence-corrected chi connectivity index (χ2v) is 8.51. The number of hydrogen-bond donors (Lipinski definition) is 2. The van der Waals surface area contributed by atoms with Crippen molar-refractivity contribution in [2.24, 2.45) is 0 Å². The molecule has 0 aliphatic heterocycles. The molecule has 2 aromatic carbocycles. The Balaban J connectivity index is 1.44. The highest BCUT2D eigenvalue weighted by molar-refractivity contribution is 7.21. The lowest BCUT2D eigenvalue weighted by Crippen LogP contribution is -2.12. The van der Waals surface area contributed by atoms with Crippen LogP contribution in [0.15, 0.2) is 85.3 Å². The third-order valence-electron chi connectivity index (χ3n) is 5.23. The maximum atomic E-state index is 13.1. The lowest BCUT2D eigenvalue weighted by Gasteiger charge is -2.10. The number of nitrogens with zero attached hydrogens (tertiary/aromatic N) is 3. The fraction of sp³-hybridized carbons (Fsp3) is 0.0769. The fourth-order valence-corrected chi connectivity index (χ4v) is 4.57. The molecule has 0 atom stereocenters. The maximum Gasteiger partial charge on any atom is 0.255 e. The lowest BCUT2D eigenvalue weighted by atomic mass is 10.0. The number of carbonyl (C=O) groups excluding carboxylic acids is 1. The van der Waals surface area contributed by atoms with E-state index < -0.39 is 0 Å². The van der Waals surface area contributed by atoms with Gasteiger partial charge in [0.25, 0.3) is 5.91 Å². The van der Waals surface area contributed by atoms with Gasteiger partial charge in [-0.15, -0.1) is 0 Å². The van der Waals surface area contributed by atoms with Gasteiger partial charge in [0.2, 0.25) is 0 Å².